The molecule has 1 aromatic carbocycles. The van der Waals surface area contributed by atoms with E-state index in [1.165, 1.54) is 18.1 Å². The zero-order valence-electron chi connectivity index (χ0n) is 15.7. The number of aliphatic carboxylic acids is 1. The Bertz CT molecular complexity index is 577. The third-order valence-electron chi connectivity index (χ3n) is 3.80. The van der Waals surface area contributed by atoms with Crippen LogP contribution < -0.4 is 5.32 Å². The van der Waals surface area contributed by atoms with E-state index in [0.29, 0.717) is 0 Å². The maximum atomic E-state index is 11.7. The van der Waals surface area contributed by atoms with E-state index >= 15 is 0 Å². The molecule has 1 rings (SSSR count). The van der Waals surface area contributed by atoms with Crippen LogP contribution in [0.25, 0.3) is 0 Å². The van der Waals surface area contributed by atoms with Crippen LogP contribution in [0.5, 0.6) is 0 Å². The van der Waals surface area contributed by atoms with Crippen LogP contribution in [-0.4, -0.2) is 23.2 Å². The quantitative estimate of drug-likeness (QED) is 0.872. The second-order valence-corrected chi connectivity index (χ2v) is 8.20. The lowest BCUT2D eigenvalue weighted by atomic mass is 9.79. The van der Waals surface area contributed by atoms with Gasteiger partial charge in [-0.05, 0) is 34.4 Å². The summed E-state index contributed by atoms with van der Waals surface area (Å²) < 4.78 is 5.17. The summed E-state index contributed by atoms with van der Waals surface area (Å²) in [6.45, 7) is 14.3. The largest absolute Gasteiger partial charge is 0.480 e. The normalized spacial score (nSPS) is 13.3. The lowest BCUT2D eigenvalue weighted by molar-refractivity contribution is -0.138. The Labute approximate surface area is 144 Å². The molecule has 1 aromatic rings. The van der Waals surface area contributed by atoms with E-state index in [1.807, 2.05) is 12.1 Å². The van der Waals surface area contributed by atoms with Crippen LogP contribution in [0, 0.1) is 0 Å². The Morgan fingerprint density at radius 3 is 1.88 bits per heavy atom. The average molecular weight is 335 g/mol. The van der Waals surface area contributed by atoms with Gasteiger partial charge in [-0.3, -0.25) is 4.79 Å². The van der Waals surface area contributed by atoms with Gasteiger partial charge in [-0.1, -0.05) is 59.7 Å². The maximum absolute atomic E-state index is 11.7. The molecule has 0 saturated carbocycles. The van der Waals surface area contributed by atoms with Crippen LogP contribution in [0.3, 0.4) is 0 Å². The van der Waals surface area contributed by atoms with E-state index in [1.54, 1.807) is 0 Å². The summed E-state index contributed by atoms with van der Waals surface area (Å²) in [5, 5.41) is 11.1. The highest BCUT2D eigenvalue weighted by atomic mass is 16.5. The molecule has 0 aliphatic carbocycles. The first-order valence-electron chi connectivity index (χ1n) is 8.11. The van der Waals surface area contributed by atoms with Crippen LogP contribution in [-0.2, 0) is 27.0 Å². The number of carbonyl (C=O) groups is 2. The fourth-order valence-corrected chi connectivity index (χ4v) is 2.07. The highest BCUT2D eigenvalue weighted by Crippen LogP contribution is 2.30. The second-order valence-electron chi connectivity index (χ2n) is 8.20. The predicted molar refractivity (Wildman–Crippen MR) is 94.3 cm³/mol. The van der Waals surface area contributed by atoms with Crippen molar-refractivity contribution in [3.8, 4) is 0 Å². The highest BCUT2D eigenvalue weighted by Gasteiger charge is 2.21. The average Bonchev–Trinajstić information content (AvgIpc) is 2.42. The van der Waals surface area contributed by atoms with E-state index in [2.05, 4.69) is 52.9 Å². The van der Waals surface area contributed by atoms with Gasteiger partial charge in [0.25, 0.3) is 0 Å². The number of hydrogen-bond acceptors (Lipinski definition) is 3. The molecule has 5 nitrogen and oxygen atoms in total. The third-order valence-corrected chi connectivity index (χ3v) is 3.80. The summed E-state index contributed by atoms with van der Waals surface area (Å²) in [4.78, 5) is 22.4. The minimum absolute atomic E-state index is 0.0178. The molecule has 2 N–H and O–H groups in total. The van der Waals surface area contributed by atoms with E-state index < -0.39 is 18.1 Å². The Balaban J connectivity index is 2.95. The maximum Gasteiger partial charge on any atom is 0.408 e. The monoisotopic (exact) mass is 335 g/mol. The first-order valence-corrected chi connectivity index (χ1v) is 8.11. The van der Waals surface area contributed by atoms with Crippen molar-refractivity contribution >= 4 is 12.1 Å². The number of ether oxygens (including phenoxy) is 1. The number of carbonyl (C=O) groups excluding carboxylic acids is 1. The van der Waals surface area contributed by atoms with Gasteiger partial charge in [0, 0.05) is 0 Å². The molecule has 0 fully saturated rings. The molecule has 0 aliphatic rings. The van der Waals surface area contributed by atoms with Crippen LogP contribution in [0.15, 0.2) is 18.2 Å². The Hall–Kier alpha value is -2.04. The summed E-state index contributed by atoms with van der Waals surface area (Å²) in [6.07, 6.45) is -0.733. The topological polar surface area (TPSA) is 75.6 Å². The minimum Gasteiger partial charge on any atom is -0.480 e. The zero-order valence-corrected chi connectivity index (χ0v) is 15.7. The summed E-state index contributed by atoms with van der Waals surface area (Å²) in [7, 11) is 0. The molecular weight excluding hydrogens is 306 g/mol. The number of nitrogens with one attached hydrogen (secondary N) is 1. The first kappa shape index (κ1) is 20.0. The number of rotatable bonds is 4. The molecule has 24 heavy (non-hydrogen) atoms. The van der Waals surface area contributed by atoms with Crippen LogP contribution in [0.4, 0.5) is 4.79 Å². The standard InChI is InChI=1S/C19H29NO4/c1-12(16(21)22)20-17(23)24-11-13-8-14(18(2,3)4)10-15(9-13)19(5,6)7/h8-10,12H,11H2,1-7H3,(H,20,23)(H,21,22). The zero-order chi connectivity index (χ0) is 18.7. The van der Waals surface area contributed by atoms with Gasteiger partial charge in [-0.15, -0.1) is 0 Å². The Morgan fingerprint density at radius 2 is 1.50 bits per heavy atom. The number of amides is 1. The third kappa shape index (κ3) is 5.87. The van der Waals surface area contributed by atoms with Crippen molar-refractivity contribution in [3.63, 3.8) is 0 Å². The molecule has 0 spiro atoms. The van der Waals surface area contributed by atoms with Gasteiger partial charge >= 0.3 is 12.1 Å². The SMILES string of the molecule is CC(NC(=O)OCc1cc(C(C)(C)C)cc(C(C)(C)C)c1)C(=O)O. The van der Waals surface area contributed by atoms with Crippen molar-refractivity contribution in [2.75, 3.05) is 0 Å². The number of alkyl carbamates (subject to hydrolysis) is 1. The van der Waals surface area contributed by atoms with E-state index in [9.17, 15) is 9.59 Å². The molecule has 0 radical (unpaired) electrons. The van der Waals surface area contributed by atoms with Crippen LogP contribution in [0.2, 0.25) is 0 Å². The van der Waals surface area contributed by atoms with E-state index in [-0.39, 0.29) is 17.4 Å². The minimum atomic E-state index is -1.10. The van der Waals surface area contributed by atoms with Crippen LogP contribution in [0.1, 0.15) is 65.2 Å². The van der Waals surface area contributed by atoms with Gasteiger partial charge in [-0.25, -0.2) is 4.79 Å². The fourth-order valence-electron chi connectivity index (χ4n) is 2.07. The Kier molecular flexibility index (Phi) is 6.04. The van der Waals surface area contributed by atoms with Crippen molar-refractivity contribution in [2.45, 2.75) is 71.9 Å². The van der Waals surface area contributed by atoms with Crippen molar-refractivity contribution in [3.05, 3.63) is 34.9 Å². The number of benzene rings is 1. The molecule has 0 aromatic heterocycles. The first-order chi connectivity index (χ1) is 10.8. The van der Waals surface area contributed by atoms with Gasteiger partial charge in [0.15, 0.2) is 0 Å². The smallest absolute Gasteiger partial charge is 0.408 e. The molecule has 0 saturated heterocycles. The molecular formula is C19H29NO4. The molecule has 0 heterocycles. The molecule has 5 heteroatoms. The van der Waals surface area contributed by atoms with E-state index in [0.717, 1.165) is 5.56 Å². The van der Waals surface area contributed by atoms with Crippen molar-refractivity contribution in [1.29, 1.82) is 0 Å². The van der Waals surface area contributed by atoms with Crippen molar-refractivity contribution < 1.29 is 19.4 Å². The van der Waals surface area contributed by atoms with Gasteiger partial charge in [0.05, 0.1) is 0 Å². The predicted octanol–water partition coefficient (Wildman–Crippen LogP) is 3.98. The molecule has 1 atom stereocenters. The summed E-state index contributed by atoms with van der Waals surface area (Å²) in [6, 6.07) is 5.27. The van der Waals surface area contributed by atoms with Crippen LogP contribution >= 0.6 is 0 Å². The summed E-state index contributed by atoms with van der Waals surface area (Å²) >= 11 is 0. The summed E-state index contributed by atoms with van der Waals surface area (Å²) in [5.41, 5.74) is 3.21. The number of carboxylic acids is 1. The molecule has 1 unspecified atom stereocenters. The van der Waals surface area contributed by atoms with Gasteiger partial charge in [0.2, 0.25) is 0 Å². The molecule has 0 aliphatic heterocycles. The lowest BCUT2D eigenvalue weighted by Gasteiger charge is -2.26. The molecule has 1 amide bonds. The lowest BCUT2D eigenvalue weighted by Crippen LogP contribution is -2.38. The van der Waals surface area contributed by atoms with Crippen molar-refractivity contribution in [2.24, 2.45) is 0 Å². The van der Waals surface area contributed by atoms with Crippen molar-refractivity contribution in [1.82, 2.24) is 5.32 Å². The number of hydrogen-bond donors (Lipinski definition) is 2. The van der Waals surface area contributed by atoms with Gasteiger partial charge in [-0.2, -0.15) is 0 Å². The van der Waals surface area contributed by atoms with Gasteiger partial charge < -0.3 is 15.2 Å². The highest BCUT2D eigenvalue weighted by molar-refractivity contribution is 5.79. The second kappa shape index (κ2) is 7.24. The van der Waals surface area contributed by atoms with Gasteiger partial charge in [0.1, 0.15) is 12.6 Å². The van der Waals surface area contributed by atoms with E-state index in [4.69, 9.17) is 9.84 Å². The number of carboxylic acid groups (broad SMARTS) is 1. The Morgan fingerprint density at radius 1 is 1.04 bits per heavy atom. The molecule has 134 valence electrons. The summed E-state index contributed by atoms with van der Waals surface area (Å²) in [5.74, 6) is -1.10. The molecule has 0 bridgehead atoms. The fraction of sp³-hybridized carbons (Fsp3) is 0.579.